The molecule has 1 N–H and O–H groups in total. The van der Waals surface area contributed by atoms with Gasteiger partial charge in [0.2, 0.25) is 0 Å². The summed E-state index contributed by atoms with van der Waals surface area (Å²) < 4.78 is 5.40. The highest BCUT2D eigenvalue weighted by atomic mass is 32.1. The van der Waals surface area contributed by atoms with Gasteiger partial charge in [0, 0.05) is 43.7 Å². The highest BCUT2D eigenvalue weighted by Crippen LogP contribution is 2.29. The van der Waals surface area contributed by atoms with Crippen molar-refractivity contribution in [1.29, 1.82) is 0 Å². The zero-order valence-corrected chi connectivity index (χ0v) is 15.7. The number of rotatable bonds is 4. The number of pyridine rings is 1. The molecule has 1 amide bonds. The van der Waals surface area contributed by atoms with Crippen LogP contribution >= 0.6 is 11.3 Å². The maximum Gasteiger partial charge on any atom is 0.261 e. The molecule has 0 saturated carbocycles. The molecule has 0 unspecified atom stereocenters. The fourth-order valence-electron chi connectivity index (χ4n) is 3.34. The van der Waals surface area contributed by atoms with Gasteiger partial charge in [0.15, 0.2) is 5.13 Å². The van der Waals surface area contributed by atoms with E-state index >= 15 is 0 Å². The van der Waals surface area contributed by atoms with E-state index in [1.165, 1.54) is 4.88 Å². The Morgan fingerprint density at radius 1 is 1.35 bits per heavy atom. The number of carbonyl (C=O) groups excluding carboxylic acids is 1. The molecular weight excluding hydrogens is 350 g/mol. The number of carbonyl (C=O) groups is 1. The van der Waals surface area contributed by atoms with Crippen LogP contribution in [0.15, 0.2) is 18.3 Å². The molecule has 0 spiro atoms. The number of nitrogens with zero attached hydrogens (tertiary/aromatic N) is 4. The molecule has 2 aliphatic heterocycles. The van der Waals surface area contributed by atoms with Gasteiger partial charge in [-0.3, -0.25) is 15.0 Å². The largest absolute Gasteiger partial charge is 0.378 e. The Balaban J connectivity index is 1.52. The summed E-state index contributed by atoms with van der Waals surface area (Å²) in [6.45, 7) is 7.97. The molecule has 2 aromatic heterocycles. The maximum atomic E-state index is 12.9. The predicted octanol–water partition coefficient (Wildman–Crippen LogP) is 2.00. The first-order valence-corrected chi connectivity index (χ1v) is 9.86. The van der Waals surface area contributed by atoms with Gasteiger partial charge < -0.3 is 9.64 Å². The van der Waals surface area contributed by atoms with E-state index in [-0.39, 0.29) is 5.91 Å². The Labute approximate surface area is 157 Å². The number of nitrogens with one attached hydrogen (secondary N) is 1. The van der Waals surface area contributed by atoms with Gasteiger partial charge in [0.05, 0.1) is 24.5 Å². The summed E-state index contributed by atoms with van der Waals surface area (Å²) in [5.74, 6) is 0.560. The SMILES string of the molecule is CCN1CCc2nc(NC(=O)c3cccnc3N3CCOCC3)sc2C1. The molecule has 0 bridgehead atoms. The molecule has 0 aromatic carbocycles. The van der Waals surface area contributed by atoms with Crippen molar-refractivity contribution < 1.29 is 9.53 Å². The summed E-state index contributed by atoms with van der Waals surface area (Å²) in [5.41, 5.74) is 1.70. The highest BCUT2D eigenvalue weighted by Gasteiger charge is 2.23. The lowest BCUT2D eigenvalue weighted by molar-refractivity contribution is 0.102. The van der Waals surface area contributed by atoms with Crippen molar-refractivity contribution in [3.8, 4) is 0 Å². The monoisotopic (exact) mass is 373 g/mol. The highest BCUT2D eigenvalue weighted by molar-refractivity contribution is 7.15. The fraction of sp³-hybridized carbons (Fsp3) is 0.500. The Morgan fingerprint density at radius 2 is 2.19 bits per heavy atom. The average molecular weight is 373 g/mol. The molecule has 0 aliphatic carbocycles. The summed E-state index contributed by atoms with van der Waals surface area (Å²) >= 11 is 1.58. The van der Waals surface area contributed by atoms with Crippen LogP contribution in [-0.2, 0) is 17.7 Å². The molecule has 0 radical (unpaired) electrons. The molecule has 2 aromatic rings. The number of hydrogen-bond acceptors (Lipinski definition) is 7. The molecule has 7 nitrogen and oxygen atoms in total. The molecule has 4 heterocycles. The molecule has 8 heteroatoms. The van der Waals surface area contributed by atoms with Crippen LogP contribution in [0.25, 0.3) is 0 Å². The zero-order chi connectivity index (χ0) is 17.9. The third kappa shape index (κ3) is 3.58. The van der Waals surface area contributed by atoms with E-state index in [1.54, 1.807) is 23.6 Å². The second kappa shape index (κ2) is 7.69. The number of ether oxygens (including phenoxy) is 1. The molecule has 138 valence electrons. The van der Waals surface area contributed by atoms with Gasteiger partial charge in [-0.15, -0.1) is 11.3 Å². The molecular formula is C18H23N5O2S. The van der Waals surface area contributed by atoms with E-state index in [2.05, 4.69) is 32.0 Å². The smallest absolute Gasteiger partial charge is 0.261 e. The molecule has 2 aliphatic rings. The number of thiazole rings is 1. The first-order chi connectivity index (χ1) is 12.7. The lowest BCUT2D eigenvalue weighted by Crippen LogP contribution is -2.38. The number of morpholine rings is 1. The van der Waals surface area contributed by atoms with Crippen LogP contribution < -0.4 is 10.2 Å². The first kappa shape index (κ1) is 17.4. The van der Waals surface area contributed by atoms with E-state index in [0.29, 0.717) is 29.7 Å². The minimum absolute atomic E-state index is 0.155. The summed E-state index contributed by atoms with van der Waals surface area (Å²) in [5, 5.41) is 3.66. The van der Waals surface area contributed by atoms with Crippen molar-refractivity contribution in [2.24, 2.45) is 0 Å². The van der Waals surface area contributed by atoms with Crippen molar-refractivity contribution in [2.45, 2.75) is 19.9 Å². The normalized spacial score (nSPS) is 17.8. The zero-order valence-electron chi connectivity index (χ0n) is 14.9. The summed E-state index contributed by atoms with van der Waals surface area (Å²) in [4.78, 5) is 27.7. The topological polar surface area (TPSA) is 70.6 Å². The van der Waals surface area contributed by atoms with Crippen LogP contribution in [0.1, 0.15) is 27.9 Å². The number of anilines is 2. The van der Waals surface area contributed by atoms with Crippen LogP contribution in [0.4, 0.5) is 10.9 Å². The van der Waals surface area contributed by atoms with Gasteiger partial charge in [-0.25, -0.2) is 9.97 Å². The van der Waals surface area contributed by atoms with Crippen LogP contribution in [0.5, 0.6) is 0 Å². The maximum absolute atomic E-state index is 12.9. The van der Waals surface area contributed by atoms with E-state index in [0.717, 1.165) is 44.8 Å². The Kier molecular flexibility index (Phi) is 5.14. The third-order valence-electron chi connectivity index (χ3n) is 4.82. The summed E-state index contributed by atoms with van der Waals surface area (Å²) in [6.07, 6.45) is 2.67. The van der Waals surface area contributed by atoms with Crippen molar-refractivity contribution in [3.05, 3.63) is 34.5 Å². The Bertz CT molecular complexity index is 788. The lowest BCUT2D eigenvalue weighted by atomic mass is 10.2. The van der Waals surface area contributed by atoms with Crippen LogP contribution in [0, 0.1) is 0 Å². The van der Waals surface area contributed by atoms with Gasteiger partial charge in [-0.2, -0.15) is 0 Å². The second-order valence-electron chi connectivity index (χ2n) is 6.44. The minimum atomic E-state index is -0.155. The first-order valence-electron chi connectivity index (χ1n) is 9.04. The van der Waals surface area contributed by atoms with Crippen LogP contribution in [0.2, 0.25) is 0 Å². The number of likely N-dealkylation sites (N-methyl/N-ethyl adjacent to an activating group) is 1. The molecule has 0 atom stereocenters. The average Bonchev–Trinajstić information content (AvgIpc) is 3.09. The van der Waals surface area contributed by atoms with Crippen molar-refractivity contribution in [1.82, 2.24) is 14.9 Å². The van der Waals surface area contributed by atoms with E-state index < -0.39 is 0 Å². The van der Waals surface area contributed by atoms with E-state index in [9.17, 15) is 4.79 Å². The third-order valence-corrected chi connectivity index (χ3v) is 5.82. The van der Waals surface area contributed by atoms with E-state index in [4.69, 9.17) is 4.74 Å². The fourth-order valence-corrected chi connectivity index (χ4v) is 4.38. The molecule has 1 fully saturated rings. The second-order valence-corrected chi connectivity index (χ2v) is 7.52. The molecule has 1 saturated heterocycles. The van der Waals surface area contributed by atoms with Gasteiger partial charge >= 0.3 is 0 Å². The van der Waals surface area contributed by atoms with Crippen molar-refractivity contribution in [2.75, 3.05) is 49.6 Å². The van der Waals surface area contributed by atoms with Crippen LogP contribution in [-0.4, -0.2) is 60.2 Å². The summed E-state index contributed by atoms with van der Waals surface area (Å²) in [6, 6.07) is 3.62. The van der Waals surface area contributed by atoms with Gasteiger partial charge in [0.1, 0.15) is 5.82 Å². The van der Waals surface area contributed by atoms with Gasteiger partial charge in [-0.1, -0.05) is 6.92 Å². The Morgan fingerprint density at radius 3 is 3.00 bits per heavy atom. The number of hydrogen-bond donors (Lipinski definition) is 1. The summed E-state index contributed by atoms with van der Waals surface area (Å²) in [7, 11) is 0. The Hall–Kier alpha value is -2.03. The molecule has 26 heavy (non-hydrogen) atoms. The molecule has 4 rings (SSSR count). The quantitative estimate of drug-likeness (QED) is 0.884. The number of aromatic nitrogens is 2. The van der Waals surface area contributed by atoms with Gasteiger partial charge in [0.25, 0.3) is 5.91 Å². The predicted molar refractivity (Wildman–Crippen MR) is 102 cm³/mol. The van der Waals surface area contributed by atoms with Crippen LogP contribution in [0.3, 0.4) is 0 Å². The number of amides is 1. The lowest BCUT2D eigenvalue weighted by Gasteiger charge is -2.29. The van der Waals surface area contributed by atoms with Crippen molar-refractivity contribution >= 4 is 28.2 Å². The van der Waals surface area contributed by atoms with E-state index in [1.807, 2.05) is 6.07 Å². The number of fused-ring (bicyclic) bond motifs is 1. The standard InChI is InChI=1S/C18H23N5O2S/c1-2-22-7-5-14-15(12-22)26-18(20-14)21-17(24)13-4-3-6-19-16(13)23-8-10-25-11-9-23/h3-4,6H,2,5,7-12H2,1H3,(H,20,21,24). The van der Waals surface area contributed by atoms with Crippen molar-refractivity contribution in [3.63, 3.8) is 0 Å². The minimum Gasteiger partial charge on any atom is -0.378 e. The van der Waals surface area contributed by atoms with Gasteiger partial charge in [-0.05, 0) is 18.7 Å².